The van der Waals surface area contributed by atoms with Crippen molar-refractivity contribution in [3.05, 3.63) is 81.4 Å². The first-order valence-corrected chi connectivity index (χ1v) is 11.5. The van der Waals surface area contributed by atoms with E-state index in [0.717, 1.165) is 11.3 Å². The van der Waals surface area contributed by atoms with Gasteiger partial charge in [-0.25, -0.2) is 14.6 Å². The molecule has 36 heavy (non-hydrogen) atoms. The molecule has 3 aromatic rings. The van der Waals surface area contributed by atoms with Crippen molar-refractivity contribution < 1.29 is 19.1 Å². The highest BCUT2D eigenvalue weighted by atomic mass is 35.5. The summed E-state index contributed by atoms with van der Waals surface area (Å²) >= 11 is 6.12. The molecular formula is C27H23ClN4O4. The maximum atomic E-state index is 12.3. The number of aromatic nitrogens is 2. The average molecular weight is 503 g/mol. The van der Waals surface area contributed by atoms with Crippen LogP contribution in [-0.2, 0) is 20.8 Å². The highest BCUT2D eigenvalue weighted by molar-refractivity contribution is 6.32. The Balaban J connectivity index is 2.17. The Labute approximate surface area is 214 Å². The molecule has 0 spiro atoms. The summed E-state index contributed by atoms with van der Waals surface area (Å²) in [4.78, 5) is 28.5. The van der Waals surface area contributed by atoms with Gasteiger partial charge in [0.05, 0.1) is 41.7 Å². The lowest BCUT2D eigenvalue weighted by Gasteiger charge is -2.12. The van der Waals surface area contributed by atoms with Crippen molar-refractivity contribution in [3.8, 4) is 23.3 Å². The molecule has 2 aromatic heterocycles. The number of nitriles is 2. The molecule has 182 valence electrons. The smallest absolute Gasteiger partial charge is 0.341 e. The second-order valence-electron chi connectivity index (χ2n) is 7.60. The zero-order valence-corrected chi connectivity index (χ0v) is 20.8. The third-order valence-corrected chi connectivity index (χ3v) is 5.67. The van der Waals surface area contributed by atoms with Gasteiger partial charge in [0.15, 0.2) is 0 Å². The molecule has 0 fully saturated rings. The lowest BCUT2D eigenvalue weighted by atomic mass is 10.00. The highest BCUT2D eigenvalue weighted by Gasteiger charge is 2.22. The Morgan fingerprint density at radius 1 is 1.11 bits per heavy atom. The predicted octanol–water partition coefficient (Wildman–Crippen LogP) is 5.06. The van der Waals surface area contributed by atoms with Crippen LogP contribution in [0.4, 0.5) is 0 Å². The SMILES string of the molecule is CCOC(=O)/C=C/c1c(C#N)c(-c2ccc(C#N)cc2)c(C)n1Cc1cnc(Cl)c(C(=O)OCC)c1. The van der Waals surface area contributed by atoms with E-state index in [1.807, 2.05) is 11.5 Å². The van der Waals surface area contributed by atoms with E-state index in [4.69, 9.17) is 26.3 Å². The number of hydrogen-bond donors (Lipinski definition) is 0. The molecule has 2 heterocycles. The molecule has 0 aliphatic rings. The van der Waals surface area contributed by atoms with Crippen LogP contribution in [0.5, 0.6) is 0 Å². The van der Waals surface area contributed by atoms with E-state index in [1.165, 1.54) is 18.3 Å². The van der Waals surface area contributed by atoms with E-state index in [9.17, 15) is 14.9 Å². The van der Waals surface area contributed by atoms with Crippen LogP contribution >= 0.6 is 11.6 Å². The van der Waals surface area contributed by atoms with Crippen molar-refractivity contribution in [1.82, 2.24) is 9.55 Å². The molecule has 0 saturated heterocycles. The van der Waals surface area contributed by atoms with E-state index in [0.29, 0.717) is 27.9 Å². The number of halogens is 1. The molecule has 0 amide bonds. The van der Waals surface area contributed by atoms with Crippen LogP contribution in [0.1, 0.15) is 52.3 Å². The minimum Gasteiger partial charge on any atom is -0.463 e. The van der Waals surface area contributed by atoms with Crippen LogP contribution in [0.3, 0.4) is 0 Å². The Kier molecular flexibility index (Phi) is 8.61. The quantitative estimate of drug-likeness (QED) is 0.240. The van der Waals surface area contributed by atoms with Crippen LogP contribution in [0, 0.1) is 29.6 Å². The number of nitrogens with zero attached hydrogens (tertiary/aromatic N) is 4. The van der Waals surface area contributed by atoms with E-state index in [1.54, 1.807) is 44.2 Å². The van der Waals surface area contributed by atoms with Crippen molar-refractivity contribution in [2.24, 2.45) is 0 Å². The molecule has 0 saturated carbocycles. The first kappa shape index (κ1) is 26.2. The molecular weight excluding hydrogens is 480 g/mol. The second-order valence-corrected chi connectivity index (χ2v) is 7.95. The Bertz CT molecular complexity index is 1410. The molecule has 8 nitrogen and oxygen atoms in total. The van der Waals surface area contributed by atoms with Gasteiger partial charge in [0.2, 0.25) is 0 Å². The van der Waals surface area contributed by atoms with Crippen molar-refractivity contribution in [1.29, 1.82) is 10.5 Å². The van der Waals surface area contributed by atoms with Gasteiger partial charge < -0.3 is 14.0 Å². The normalized spacial score (nSPS) is 10.6. The topological polar surface area (TPSA) is 118 Å². The average Bonchev–Trinajstić information content (AvgIpc) is 3.14. The van der Waals surface area contributed by atoms with Gasteiger partial charge in [-0.3, -0.25) is 0 Å². The lowest BCUT2D eigenvalue weighted by molar-refractivity contribution is -0.137. The number of carbonyl (C=O) groups excluding carboxylic acids is 2. The summed E-state index contributed by atoms with van der Waals surface area (Å²) in [6.07, 6.45) is 4.34. The van der Waals surface area contributed by atoms with Crippen LogP contribution in [0.15, 0.2) is 42.6 Å². The number of ether oxygens (including phenoxy) is 2. The minimum atomic E-state index is -0.584. The molecule has 0 radical (unpaired) electrons. The summed E-state index contributed by atoms with van der Waals surface area (Å²) < 4.78 is 11.9. The number of hydrogen-bond acceptors (Lipinski definition) is 7. The predicted molar refractivity (Wildman–Crippen MR) is 134 cm³/mol. The van der Waals surface area contributed by atoms with Crippen molar-refractivity contribution in [3.63, 3.8) is 0 Å². The van der Waals surface area contributed by atoms with Gasteiger partial charge in [-0.1, -0.05) is 23.7 Å². The number of rotatable bonds is 8. The first-order valence-electron chi connectivity index (χ1n) is 11.1. The van der Waals surface area contributed by atoms with E-state index in [-0.39, 0.29) is 30.5 Å². The fourth-order valence-corrected chi connectivity index (χ4v) is 3.94. The molecule has 1 aromatic carbocycles. The summed E-state index contributed by atoms with van der Waals surface area (Å²) in [5.74, 6) is -1.12. The number of esters is 2. The van der Waals surface area contributed by atoms with E-state index >= 15 is 0 Å². The summed E-state index contributed by atoms with van der Waals surface area (Å²) in [5, 5.41) is 19.3. The zero-order valence-electron chi connectivity index (χ0n) is 20.0. The summed E-state index contributed by atoms with van der Waals surface area (Å²) in [6, 6.07) is 12.8. The third-order valence-electron chi connectivity index (χ3n) is 5.37. The van der Waals surface area contributed by atoms with Crippen LogP contribution in [0.25, 0.3) is 17.2 Å². The van der Waals surface area contributed by atoms with Crippen molar-refractivity contribution in [2.75, 3.05) is 13.2 Å². The Morgan fingerprint density at radius 2 is 1.81 bits per heavy atom. The second kappa shape index (κ2) is 11.8. The highest BCUT2D eigenvalue weighted by Crippen LogP contribution is 2.34. The van der Waals surface area contributed by atoms with Crippen LogP contribution in [-0.4, -0.2) is 34.7 Å². The summed E-state index contributed by atoms with van der Waals surface area (Å²) in [5.41, 5.74) is 4.26. The molecule has 0 aliphatic heterocycles. The monoisotopic (exact) mass is 502 g/mol. The standard InChI is InChI=1S/C27H23ClN4O4/c1-4-35-24(33)11-10-23-22(14-30)25(20-8-6-18(13-29)7-9-20)17(3)32(23)16-19-12-21(26(28)31-15-19)27(34)36-5-2/h6-12,15H,4-5,16H2,1-3H3/b11-10+. The fourth-order valence-electron chi connectivity index (χ4n) is 3.76. The molecule has 0 bridgehead atoms. The van der Waals surface area contributed by atoms with Crippen molar-refractivity contribution in [2.45, 2.75) is 27.3 Å². The zero-order chi connectivity index (χ0) is 26.2. The lowest BCUT2D eigenvalue weighted by Crippen LogP contribution is -2.10. The molecule has 0 unspecified atom stereocenters. The molecule has 0 N–H and O–H groups in total. The molecule has 3 rings (SSSR count). The number of carbonyl (C=O) groups is 2. The summed E-state index contributed by atoms with van der Waals surface area (Å²) in [7, 11) is 0. The maximum absolute atomic E-state index is 12.3. The Morgan fingerprint density at radius 3 is 2.42 bits per heavy atom. The fraction of sp³-hybridized carbons (Fsp3) is 0.222. The minimum absolute atomic E-state index is 0.0276. The van der Waals surface area contributed by atoms with Gasteiger partial charge in [0, 0.05) is 30.1 Å². The molecule has 0 atom stereocenters. The molecule has 9 heteroatoms. The van der Waals surface area contributed by atoms with Gasteiger partial charge in [0.1, 0.15) is 11.2 Å². The van der Waals surface area contributed by atoms with Gasteiger partial charge in [-0.05, 0) is 56.2 Å². The van der Waals surface area contributed by atoms with Gasteiger partial charge in [0.25, 0.3) is 0 Å². The molecule has 0 aliphatic carbocycles. The number of pyridine rings is 1. The third kappa shape index (κ3) is 5.63. The van der Waals surface area contributed by atoms with Crippen LogP contribution in [0.2, 0.25) is 5.15 Å². The van der Waals surface area contributed by atoms with E-state index in [2.05, 4.69) is 17.1 Å². The first-order chi connectivity index (χ1) is 17.3. The largest absolute Gasteiger partial charge is 0.463 e. The van der Waals surface area contributed by atoms with Gasteiger partial charge >= 0.3 is 11.9 Å². The van der Waals surface area contributed by atoms with Crippen LogP contribution < -0.4 is 0 Å². The summed E-state index contributed by atoms with van der Waals surface area (Å²) in [6.45, 7) is 5.90. The Hall–Kier alpha value is -4.40. The van der Waals surface area contributed by atoms with E-state index < -0.39 is 11.9 Å². The van der Waals surface area contributed by atoms with Gasteiger partial charge in [-0.15, -0.1) is 0 Å². The maximum Gasteiger partial charge on any atom is 0.341 e. The van der Waals surface area contributed by atoms with Gasteiger partial charge in [-0.2, -0.15) is 10.5 Å². The van der Waals surface area contributed by atoms with Crippen molar-refractivity contribution >= 4 is 29.6 Å². The number of benzene rings is 1.